The van der Waals surface area contributed by atoms with Gasteiger partial charge in [-0.15, -0.1) is 0 Å². The third-order valence-corrected chi connectivity index (χ3v) is 2.32. The Labute approximate surface area is 83.2 Å². The summed E-state index contributed by atoms with van der Waals surface area (Å²) < 4.78 is 0. The number of benzene rings is 1. The molecule has 0 saturated carbocycles. The highest BCUT2D eigenvalue weighted by Crippen LogP contribution is 2.28. The second-order valence-corrected chi connectivity index (χ2v) is 3.35. The highest BCUT2D eigenvalue weighted by molar-refractivity contribution is 5.41. The van der Waals surface area contributed by atoms with Crippen LogP contribution in [0.15, 0.2) is 18.2 Å². The van der Waals surface area contributed by atoms with Crippen LogP contribution in [0.5, 0.6) is 11.5 Å². The largest absolute Gasteiger partial charge is 0.504 e. The molecule has 0 aliphatic heterocycles. The molecule has 0 saturated heterocycles. The summed E-state index contributed by atoms with van der Waals surface area (Å²) in [5.41, 5.74) is 12.3. The van der Waals surface area contributed by atoms with Crippen molar-refractivity contribution in [2.24, 2.45) is 11.5 Å². The van der Waals surface area contributed by atoms with Crippen molar-refractivity contribution in [1.82, 2.24) is 0 Å². The van der Waals surface area contributed by atoms with Gasteiger partial charge in [0, 0.05) is 12.1 Å². The fourth-order valence-electron chi connectivity index (χ4n) is 1.25. The molecule has 0 aliphatic carbocycles. The van der Waals surface area contributed by atoms with E-state index in [1.807, 2.05) is 6.92 Å². The molecular weight excluding hydrogens is 180 g/mol. The maximum atomic E-state index is 9.26. The van der Waals surface area contributed by atoms with Gasteiger partial charge in [-0.25, -0.2) is 0 Å². The summed E-state index contributed by atoms with van der Waals surface area (Å²) in [5, 5.41) is 18.4. The average Bonchev–Trinajstić information content (AvgIpc) is 2.20. The van der Waals surface area contributed by atoms with Crippen LogP contribution >= 0.6 is 0 Å². The first kappa shape index (κ1) is 10.8. The second-order valence-electron chi connectivity index (χ2n) is 3.35. The van der Waals surface area contributed by atoms with Crippen LogP contribution in [0.4, 0.5) is 0 Å². The maximum Gasteiger partial charge on any atom is 0.157 e. The van der Waals surface area contributed by atoms with Crippen LogP contribution in [0.3, 0.4) is 0 Å². The molecular formula is C10H16N2O2. The van der Waals surface area contributed by atoms with Crippen molar-refractivity contribution in [3.8, 4) is 11.5 Å². The highest BCUT2D eigenvalue weighted by Gasteiger charge is 2.14. The predicted molar refractivity (Wildman–Crippen MR) is 55.0 cm³/mol. The summed E-state index contributed by atoms with van der Waals surface area (Å²) in [7, 11) is 0. The zero-order valence-electron chi connectivity index (χ0n) is 8.14. The minimum absolute atomic E-state index is 0.140. The zero-order chi connectivity index (χ0) is 10.7. The van der Waals surface area contributed by atoms with Gasteiger partial charge in [-0.05, 0) is 24.1 Å². The van der Waals surface area contributed by atoms with E-state index in [4.69, 9.17) is 16.6 Å². The molecule has 0 amide bonds. The van der Waals surface area contributed by atoms with Crippen molar-refractivity contribution in [3.05, 3.63) is 23.8 Å². The Balaban J connectivity index is 2.91. The van der Waals surface area contributed by atoms with Crippen molar-refractivity contribution >= 4 is 0 Å². The molecule has 0 aromatic heterocycles. The first-order valence-corrected chi connectivity index (χ1v) is 4.59. The van der Waals surface area contributed by atoms with E-state index in [0.717, 1.165) is 12.0 Å². The van der Waals surface area contributed by atoms with Crippen LogP contribution in [0.2, 0.25) is 0 Å². The Hall–Kier alpha value is -1.26. The lowest BCUT2D eigenvalue weighted by Crippen LogP contribution is -2.33. The van der Waals surface area contributed by atoms with Crippen LogP contribution in [-0.2, 0) is 0 Å². The number of hydrogen-bond donors (Lipinski definition) is 4. The quantitative estimate of drug-likeness (QED) is 0.539. The normalized spacial score (nSPS) is 15.1. The molecule has 0 aliphatic rings. The van der Waals surface area contributed by atoms with E-state index in [2.05, 4.69) is 0 Å². The minimum Gasteiger partial charge on any atom is -0.504 e. The summed E-state index contributed by atoms with van der Waals surface area (Å²) in [6, 6.07) is 4.06. The first-order valence-electron chi connectivity index (χ1n) is 4.59. The van der Waals surface area contributed by atoms with Gasteiger partial charge < -0.3 is 21.7 Å². The molecule has 0 radical (unpaired) electrons. The van der Waals surface area contributed by atoms with Crippen molar-refractivity contribution in [3.63, 3.8) is 0 Å². The molecule has 0 spiro atoms. The van der Waals surface area contributed by atoms with E-state index >= 15 is 0 Å². The van der Waals surface area contributed by atoms with E-state index in [1.165, 1.54) is 12.1 Å². The van der Waals surface area contributed by atoms with E-state index in [1.54, 1.807) is 6.07 Å². The SMILES string of the molecule is CCC(N)C(N)c1ccc(O)c(O)c1. The molecule has 78 valence electrons. The number of nitrogens with two attached hydrogens (primary N) is 2. The topological polar surface area (TPSA) is 92.5 Å². The summed E-state index contributed by atoms with van der Waals surface area (Å²) in [6.07, 6.45) is 0.767. The first-order chi connectivity index (χ1) is 6.56. The summed E-state index contributed by atoms with van der Waals surface area (Å²) >= 11 is 0. The van der Waals surface area contributed by atoms with Crippen LogP contribution in [0.1, 0.15) is 24.9 Å². The Morgan fingerprint density at radius 2 is 1.86 bits per heavy atom. The van der Waals surface area contributed by atoms with Crippen LogP contribution < -0.4 is 11.5 Å². The van der Waals surface area contributed by atoms with Crippen molar-refractivity contribution in [1.29, 1.82) is 0 Å². The van der Waals surface area contributed by atoms with Gasteiger partial charge in [-0.1, -0.05) is 13.0 Å². The van der Waals surface area contributed by atoms with E-state index in [0.29, 0.717) is 0 Å². The predicted octanol–water partition coefficient (Wildman–Crippen LogP) is 0.835. The lowest BCUT2D eigenvalue weighted by atomic mass is 9.99. The third-order valence-electron chi connectivity index (χ3n) is 2.32. The lowest BCUT2D eigenvalue weighted by Gasteiger charge is -2.18. The molecule has 0 fully saturated rings. The van der Waals surface area contributed by atoms with Gasteiger partial charge in [-0.3, -0.25) is 0 Å². The second kappa shape index (κ2) is 4.30. The molecule has 0 heterocycles. The Kier molecular flexibility index (Phi) is 3.33. The van der Waals surface area contributed by atoms with Gasteiger partial charge in [-0.2, -0.15) is 0 Å². The number of rotatable bonds is 3. The summed E-state index contributed by atoms with van der Waals surface area (Å²) in [5.74, 6) is -0.313. The summed E-state index contributed by atoms with van der Waals surface area (Å²) in [6.45, 7) is 1.95. The Morgan fingerprint density at radius 3 is 2.36 bits per heavy atom. The van der Waals surface area contributed by atoms with Crippen LogP contribution in [0, 0.1) is 0 Å². The molecule has 2 atom stereocenters. The number of phenols is 2. The number of aromatic hydroxyl groups is 2. The highest BCUT2D eigenvalue weighted by atomic mass is 16.3. The molecule has 2 unspecified atom stereocenters. The lowest BCUT2D eigenvalue weighted by molar-refractivity contribution is 0.402. The zero-order valence-corrected chi connectivity index (χ0v) is 8.14. The minimum atomic E-state index is -0.313. The molecule has 1 aromatic rings. The molecule has 6 N–H and O–H groups in total. The summed E-state index contributed by atoms with van der Waals surface area (Å²) in [4.78, 5) is 0. The number of hydrogen-bond acceptors (Lipinski definition) is 4. The van der Waals surface area contributed by atoms with Crippen molar-refractivity contribution in [2.75, 3.05) is 0 Å². The van der Waals surface area contributed by atoms with Gasteiger partial charge in [0.1, 0.15) is 0 Å². The molecule has 1 aromatic carbocycles. The Bertz CT molecular complexity index is 315. The van der Waals surface area contributed by atoms with Gasteiger partial charge in [0.05, 0.1) is 0 Å². The van der Waals surface area contributed by atoms with Crippen LogP contribution in [-0.4, -0.2) is 16.3 Å². The maximum absolute atomic E-state index is 9.26. The molecule has 1 rings (SSSR count). The van der Waals surface area contributed by atoms with Crippen LogP contribution in [0.25, 0.3) is 0 Å². The average molecular weight is 196 g/mol. The third kappa shape index (κ3) is 2.16. The molecule has 4 nitrogen and oxygen atoms in total. The van der Waals surface area contributed by atoms with Gasteiger partial charge in [0.25, 0.3) is 0 Å². The molecule has 4 heteroatoms. The van der Waals surface area contributed by atoms with E-state index in [-0.39, 0.29) is 23.6 Å². The number of phenolic OH excluding ortho intramolecular Hbond substituents is 2. The van der Waals surface area contributed by atoms with Crippen molar-refractivity contribution in [2.45, 2.75) is 25.4 Å². The van der Waals surface area contributed by atoms with Crippen molar-refractivity contribution < 1.29 is 10.2 Å². The standard InChI is InChI=1S/C10H16N2O2/c1-2-7(11)10(12)6-3-4-8(13)9(14)5-6/h3-5,7,10,13-14H,2,11-12H2,1H3. The fraction of sp³-hybridized carbons (Fsp3) is 0.400. The fourth-order valence-corrected chi connectivity index (χ4v) is 1.25. The van der Waals surface area contributed by atoms with E-state index < -0.39 is 0 Å². The monoisotopic (exact) mass is 196 g/mol. The molecule has 0 bridgehead atoms. The van der Waals surface area contributed by atoms with Gasteiger partial charge in [0.15, 0.2) is 11.5 Å². The van der Waals surface area contributed by atoms with Gasteiger partial charge >= 0.3 is 0 Å². The smallest absolute Gasteiger partial charge is 0.157 e. The Morgan fingerprint density at radius 1 is 1.21 bits per heavy atom. The molecule has 14 heavy (non-hydrogen) atoms. The van der Waals surface area contributed by atoms with Gasteiger partial charge in [0.2, 0.25) is 0 Å². The van der Waals surface area contributed by atoms with E-state index in [9.17, 15) is 5.11 Å².